The van der Waals surface area contributed by atoms with Crippen molar-refractivity contribution in [1.29, 1.82) is 0 Å². The minimum absolute atomic E-state index is 0.0181. The molecule has 3 rings (SSSR count). The van der Waals surface area contributed by atoms with E-state index in [1.807, 2.05) is 19.1 Å². The Hall–Kier alpha value is -2.73. The van der Waals surface area contributed by atoms with Crippen molar-refractivity contribution < 1.29 is 14.6 Å². The van der Waals surface area contributed by atoms with Gasteiger partial charge in [0, 0.05) is 16.5 Å². The maximum absolute atomic E-state index is 11.2. The van der Waals surface area contributed by atoms with Gasteiger partial charge >= 0.3 is 0 Å². The van der Waals surface area contributed by atoms with E-state index >= 15 is 0 Å². The highest BCUT2D eigenvalue weighted by Crippen LogP contribution is 2.41. The number of fused-ring (bicyclic) bond motifs is 1. The molecule has 0 atom stereocenters. The predicted octanol–water partition coefficient (Wildman–Crippen LogP) is 4.77. The van der Waals surface area contributed by atoms with Gasteiger partial charge in [0.05, 0.1) is 26.3 Å². The fourth-order valence-electron chi connectivity index (χ4n) is 3.01. The Bertz CT molecular complexity index is 943. The first-order chi connectivity index (χ1) is 12.0. The van der Waals surface area contributed by atoms with Crippen LogP contribution in [-0.2, 0) is 6.54 Å². The molecule has 0 amide bonds. The third-order valence-corrected chi connectivity index (χ3v) is 4.32. The topological polar surface area (TPSA) is 73.0 Å². The zero-order valence-corrected chi connectivity index (χ0v) is 14.8. The number of nitroso groups, excluding NO2 is 1. The number of hydrogen-bond donors (Lipinski definition) is 1. The highest BCUT2D eigenvalue weighted by atomic mass is 35.5. The maximum Gasteiger partial charge on any atom is 0.222 e. The van der Waals surface area contributed by atoms with Crippen LogP contribution < -0.4 is 9.47 Å². The molecule has 0 aliphatic carbocycles. The van der Waals surface area contributed by atoms with Crippen molar-refractivity contribution >= 4 is 28.2 Å². The molecule has 0 saturated carbocycles. The zero-order chi connectivity index (χ0) is 18.1. The summed E-state index contributed by atoms with van der Waals surface area (Å²) in [6, 6.07) is 8.85. The van der Waals surface area contributed by atoms with Gasteiger partial charge in [-0.15, -0.1) is 4.91 Å². The van der Waals surface area contributed by atoms with E-state index in [0.717, 1.165) is 11.1 Å². The number of aromatic hydroxyl groups is 1. The van der Waals surface area contributed by atoms with Gasteiger partial charge in [-0.2, -0.15) is 0 Å². The van der Waals surface area contributed by atoms with Gasteiger partial charge in [-0.25, -0.2) is 0 Å². The van der Waals surface area contributed by atoms with Crippen molar-refractivity contribution in [3.63, 3.8) is 0 Å². The molecule has 0 aliphatic heterocycles. The molecule has 0 radical (unpaired) electrons. The standard InChI is InChI=1S/C18H17ClN2O4/c1-10-4-12(19)7-15-16(20-23)18(22)21(17(10)15)9-11-5-13(24-2)8-14(6-11)25-3/h4-8,22H,9H2,1-3H3. The van der Waals surface area contributed by atoms with E-state index < -0.39 is 0 Å². The molecule has 2 aromatic carbocycles. The molecular weight excluding hydrogens is 344 g/mol. The molecule has 25 heavy (non-hydrogen) atoms. The SMILES string of the molecule is COc1cc(Cn2c(O)c(N=O)c3cc(Cl)cc(C)c32)cc(OC)c1. The lowest BCUT2D eigenvalue weighted by atomic mass is 10.1. The molecule has 0 saturated heterocycles. The Kier molecular flexibility index (Phi) is 4.55. The maximum atomic E-state index is 11.2. The van der Waals surface area contributed by atoms with Gasteiger partial charge in [-0.3, -0.25) is 0 Å². The van der Waals surface area contributed by atoms with Gasteiger partial charge in [0.2, 0.25) is 5.88 Å². The Morgan fingerprint density at radius 2 is 1.76 bits per heavy atom. The summed E-state index contributed by atoms with van der Waals surface area (Å²) in [5.41, 5.74) is 2.37. The summed E-state index contributed by atoms with van der Waals surface area (Å²) in [7, 11) is 3.14. The first-order valence-corrected chi connectivity index (χ1v) is 7.93. The second-order valence-electron chi connectivity index (χ2n) is 5.69. The monoisotopic (exact) mass is 360 g/mol. The van der Waals surface area contributed by atoms with Gasteiger partial charge < -0.3 is 19.1 Å². The molecule has 0 aliphatic rings. The fraction of sp³-hybridized carbons (Fsp3) is 0.222. The van der Waals surface area contributed by atoms with Crippen molar-refractivity contribution in [2.24, 2.45) is 5.18 Å². The average Bonchev–Trinajstić information content (AvgIpc) is 2.85. The number of benzene rings is 2. The summed E-state index contributed by atoms with van der Waals surface area (Å²) in [6.45, 7) is 2.18. The average molecular weight is 361 g/mol. The number of aromatic nitrogens is 1. The third-order valence-electron chi connectivity index (χ3n) is 4.10. The van der Waals surface area contributed by atoms with Crippen LogP contribution in [0.2, 0.25) is 5.02 Å². The number of nitrogens with zero attached hydrogens (tertiary/aromatic N) is 2. The minimum Gasteiger partial charge on any atom is -0.497 e. The molecule has 1 aromatic heterocycles. The van der Waals surface area contributed by atoms with Crippen LogP contribution in [0.15, 0.2) is 35.5 Å². The van der Waals surface area contributed by atoms with Crippen LogP contribution in [0.4, 0.5) is 5.69 Å². The van der Waals surface area contributed by atoms with Crippen molar-refractivity contribution in [2.45, 2.75) is 13.5 Å². The Morgan fingerprint density at radius 1 is 1.12 bits per heavy atom. The Morgan fingerprint density at radius 3 is 2.32 bits per heavy atom. The molecule has 0 unspecified atom stereocenters. The van der Waals surface area contributed by atoms with E-state index in [4.69, 9.17) is 21.1 Å². The van der Waals surface area contributed by atoms with Crippen LogP contribution in [0.5, 0.6) is 17.4 Å². The van der Waals surface area contributed by atoms with Crippen molar-refractivity contribution in [3.05, 3.63) is 51.4 Å². The van der Waals surface area contributed by atoms with Crippen molar-refractivity contribution in [3.8, 4) is 17.4 Å². The lowest BCUT2D eigenvalue weighted by molar-refractivity contribution is 0.392. The van der Waals surface area contributed by atoms with E-state index in [9.17, 15) is 10.0 Å². The fourth-order valence-corrected chi connectivity index (χ4v) is 3.29. The molecule has 1 N–H and O–H groups in total. The molecule has 0 bridgehead atoms. The van der Waals surface area contributed by atoms with Crippen LogP contribution >= 0.6 is 11.6 Å². The highest BCUT2D eigenvalue weighted by molar-refractivity contribution is 6.31. The van der Waals surface area contributed by atoms with Crippen molar-refractivity contribution in [1.82, 2.24) is 4.57 Å². The first kappa shape index (κ1) is 17.1. The van der Waals surface area contributed by atoms with Crippen LogP contribution in [0, 0.1) is 11.8 Å². The Balaban J connectivity index is 2.20. The summed E-state index contributed by atoms with van der Waals surface area (Å²) in [5.74, 6) is 1.08. The van der Waals surface area contributed by atoms with Crippen LogP contribution in [0.25, 0.3) is 10.9 Å². The van der Waals surface area contributed by atoms with Gasteiger partial charge in [0.1, 0.15) is 11.5 Å². The van der Waals surface area contributed by atoms with E-state index in [2.05, 4.69) is 5.18 Å². The second-order valence-corrected chi connectivity index (χ2v) is 6.13. The minimum atomic E-state index is -0.197. The normalized spacial score (nSPS) is 10.9. The number of aryl methyl sites for hydroxylation is 1. The lowest BCUT2D eigenvalue weighted by Gasteiger charge is -2.12. The summed E-state index contributed by atoms with van der Waals surface area (Å²) in [5, 5.41) is 14.5. The largest absolute Gasteiger partial charge is 0.497 e. The van der Waals surface area contributed by atoms with E-state index in [1.54, 1.807) is 37.0 Å². The molecule has 6 nitrogen and oxygen atoms in total. The summed E-state index contributed by atoms with van der Waals surface area (Å²) in [6.07, 6.45) is 0. The second kappa shape index (κ2) is 6.64. The van der Waals surface area contributed by atoms with Gasteiger partial charge in [-0.1, -0.05) is 11.6 Å². The van der Waals surface area contributed by atoms with E-state index in [-0.39, 0.29) is 11.6 Å². The number of hydrogen-bond acceptors (Lipinski definition) is 5. The molecular formula is C18H17ClN2O4. The van der Waals surface area contributed by atoms with Crippen LogP contribution in [-0.4, -0.2) is 23.9 Å². The van der Waals surface area contributed by atoms with Gasteiger partial charge in [-0.05, 0) is 47.5 Å². The summed E-state index contributed by atoms with van der Waals surface area (Å²) < 4.78 is 12.2. The van der Waals surface area contributed by atoms with Gasteiger partial charge in [0.15, 0.2) is 5.69 Å². The summed E-state index contributed by atoms with van der Waals surface area (Å²) in [4.78, 5) is 11.2. The quantitative estimate of drug-likeness (QED) is 0.665. The third kappa shape index (κ3) is 3.00. The number of ether oxygens (including phenoxy) is 2. The molecule has 7 heteroatoms. The van der Waals surface area contributed by atoms with E-state index in [0.29, 0.717) is 34.0 Å². The first-order valence-electron chi connectivity index (χ1n) is 7.55. The van der Waals surface area contributed by atoms with Gasteiger partial charge in [0.25, 0.3) is 0 Å². The molecule has 3 aromatic rings. The molecule has 0 fully saturated rings. The molecule has 130 valence electrons. The van der Waals surface area contributed by atoms with Crippen LogP contribution in [0.1, 0.15) is 11.1 Å². The van der Waals surface area contributed by atoms with Crippen LogP contribution in [0.3, 0.4) is 0 Å². The number of methoxy groups -OCH3 is 2. The predicted molar refractivity (Wildman–Crippen MR) is 97.5 cm³/mol. The zero-order valence-electron chi connectivity index (χ0n) is 14.0. The number of halogens is 1. The Labute approximate surface area is 149 Å². The smallest absolute Gasteiger partial charge is 0.222 e. The molecule has 1 heterocycles. The lowest BCUT2D eigenvalue weighted by Crippen LogP contribution is -2.01. The number of rotatable bonds is 5. The van der Waals surface area contributed by atoms with E-state index in [1.165, 1.54) is 0 Å². The highest BCUT2D eigenvalue weighted by Gasteiger charge is 2.20. The molecule has 0 spiro atoms. The van der Waals surface area contributed by atoms with Crippen molar-refractivity contribution in [2.75, 3.05) is 14.2 Å². The summed E-state index contributed by atoms with van der Waals surface area (Å²) >= 11 is 6.09.